The fourth-order valence-corrected chi connectivity index (χ4v) is 12.0. The van der Waals surface area contributed by atoms with E-state index in [0.717, 1.165) is 115 Å². The van der Waals surface area contributed by atoms with Crippen molar-refractivity contribution in [3.8, 4) is 0 Å². The van der Waals surface area contributed by atoms with Crippen LogP contribution in [0.2, 0.25) is 0 Å². The first-order valence-electron chi connectivity index (χ1n) is 18.5. The lowest BCUT2D eigenvalue weighted by molar-refractivity contribution is 0.144. The molecular formula is C44H40N6O2Si. The number of hydrogen-bond donors (Lipinski definition) is 2. The van der Waals surface area contributed by atoms with Gasteiger partial charge in [0, 0.05) is 79.1 Å². The molecule has 2 aromatic heterocycles. The third-order valence-corrected chi connectivity index (χ3v) is 14.0. The minimum Gasteiger partial charge on any atom is -0.361 e. The van der Waals surface area contributed by atoms with Crippen LogP contribution in [-0.2, 0) is 8.85 Å². The molecule has 10 rings (SSSR count). The van der Waals surface area contributed by atoms with Crippen LogP contribution in [0.15, 0.2) is 107 Å². The van der Waals surface area contributed by atoms with Gasteiger partial charge in [-0.05, 0) is 64.3 Å². The first kappa shape index (κ1) is 32.2. The molecule has 0 spiro atoms. The zero-order valence-corrected chi connectivity index (χ0v) is 30.9. The van der Waals surface area contributed by atoms with E-state index in [1.165, 1.54) is 0 Å². The summed E-state index contributed by atoms with van der Waals surface area (Å²) in [4.78, 5) is 10.8. The van der Waals surface area contributed by atoms with E-state index < -0.39 is 8.88 Å². The molecule has 2 N–H and O–H groups in total. The van der Waals surface area contributed by atoms with Gasteiger partial charge in [-0.15, -0.1) is 0 Å². The van der Waals surface area contributed by atoms with Crippen LogP contribution >= 0.6 is 0 Å². The van der Waals surface area contributed by atoms with Crippen LogP contribution in [0.3, 0.4) is 0 Å². The highest BCUT2D eigenvalue weighted by atomic mass is 28.4. The second kappa shape index (κ2) is 12.9. The summed E-state index contributed by atoms with van der Waals surface area (Å²) in [5.74, 6) is 0. The summed E-state index contributed by atoms with van der Waals surface area (Å²) < 4.78 is 20.1. The molecule has 0 atom stereocenters. The van der Waals surface area contributed by atoms with E-state index in [2.05, 4.69) is 140 Å². The van der Waals surface area contributed by atoms with Crippen molar-refractivity contribution in [1.82, 2.24) is 19.1 Å². The van der Waals surface area contributed by atoms with Gasteiger partial charge in [0.15, 0.2) is 0 Å². The van der Waals surface area contributed by atoms with Gasteiger partial charge >= 0.3 is 8.88 Å². The zero-order valence-electron chi connectivity index (χ0n) is 29.9. The Morgan fingerprint density at radius 2 is 0.925 bits per heavy atom. The predicted molar refractivity (Wildman–Crippen MR) is 219 cm³/mol. The Kier molecular flexibility index (Phi) is 7.85. The van der Waals surface area contributed by atoms with Crippen LogP contribution in [0.4, 0.5) is 0 Å². The van der Waals surface area contributed by atoms with Crippen molar-refractivity contribution in [3.05, 3.63) is 141 Å². The lowest BCUT2D eigenvalue weighted by Crippen LogP contribution is -2.65. The van der Waals surface area contributed by atoms with Gasteiger partial charge in [0.2, 0.25) is 0 Å². The molecule has 4 aliphatic rings. The molecule has 0 saturated carbocycles. The maximum absolute atomic E-state index is 7.59. The van der Waals surface area contributed by atoms with Gasteiger partial charge in [0.05, 0.1) is 22.8 Å². The smallest absolute Gasteiger partial charge is 0.361 e. The maximum atomic E-state index is 7.59. The second-order valence-electron chi connectivity index (χ2n) is 13.9. The summed E-state index contributed by atoms with van der Waals surface area (Å²) in [6.07, 6.45) is 10.7. The van der Waals surface area contributed by atoms with E-state index in [1.807, 2.05) is 14.1 Å². The lowest BCUT2D eigenvalue weighted by atomic mass is 10.0. The average Bonchev–Trinajstić information content (AvgIpc) is 3.91. The lowest BCUT2D eigenvalue weighted by Gasteiger charge is -2.35. The Bertz CT molecular complexity index is 2550. The van der Waals surface area contributed by atoms with Crippen LogP contribution in [0, 0.1) is 0 Å². The van der Waals surface area contributed by atoms with Crippen LogP contribution in [0.5, 0.6) is 0 Å². The number of hydrogen-bond acceptors (Lipinski definition) is 6. The Morgan fingerprint density at radius 3 is 1.38 bits per heavy atom. The first-order valence-corrected chi connectivity index (χ1v) is 20.3. The molecule has 8 nitrogen and oxygen atoms in total. The van der Waals surface area contributed by atoms with Crippen molar-refractivity contribution in [1.29, 1.82) is 0 Å². The van der Waals surface area contributed by atoms with E-state index >= 15 is 0 Å². The molecule has 0 fully saturated rings. The molecular weight excluding hydrogens is 673 g/mol. The first-order chi connectivity index (χ1) is 26.2. The maximum Gasteiger partial charge on any atom is 0.598 e. The summed E-state index contributed by atoms with van der Waals surface area (Å²) in [6.45, 7) is 2.68. The molecule has 0 radical (unpaired) electrons. The number of aliphatic imine (C=N–C) groups is 2. The van der Waals surface area contributed by atoms with Crippen molar-refractivity contribution >= 4 is 77.6 Å². The Balaban J connectivity index is 1.46. The van der Waals surface area contributed by atoms with E-state index in [1.54, 1.807) is 0 Å². The van der Waals surface area contributed by atoms with E-state index in [4.69, 9.17) is 18.8 Å². The molecule has 6 aromatic rings. The van der Waals surface area contributed by atoms with Crippen molar-refractivity contribution in [2.45, 2.75) is 12.8 Å². The molecule has 0 amide bonds. The molecule has 262 valence electrons. The second-order valence-corrected chi connectivity index (χ2v) is 16.5. The third-order valence-electron chi connectivity index (χ3n) is 10.7. The summed E-state index contributed by atoms with van der Waals surface area (Å²) in [5.41, 5.74) is 10.2. The van der Waals surface area contributed by atoms with E-state index in [-0.39, 0.29) is 0 Å². The van der Waals surface area contributed by atoms with Crippen molar-refractivity contribution < 1.29 is 8.85 Å². The number of aromatic nitrogens is 2. The molecule has 4 aromatic carbocycles. The summed E-state index contributed by atoms with van der Waals surface area (Å²) >= 11 is 0. The molecule has 53 heavy (non-hydrogen) atoms. The fourth-order valence-electron chi connectivity index (χ4n) is 8.41. The van der Waals surface area contributed by atoms with Crippen molar-refractivity contribution in [2.24, 2.45) is 9.98 Å². The number of nitrogens with zero attached hydrogens (tertiary/aromatic N) is 4. The molecule has 0 unspecified atom stereocenters. The Labute approximate surface area is 309 Å². The quantitative estimate of drug-likeness (QED) is 0.138. The average molecular weight is 713 g/mol. The van der Waals surface area contributed by atoms with Crippen molar-refractivity contribution in [2.75, 3.05) is 40.4 Å². The number of nitrogens with one attached hydrogen (secondary N) is 2. The van der Waals surface area contributed by atoms with Gasteiger partial charge < -0.3 is 28.0 Å². The van der Waals surface area contributed by atoms with Gasteiger partial charge in [-0.25, -0.2) is 9.98 Å². The van der Waals surface area contributed by atoms with Gasteiger partial charge in [0.25, 0.3) is 0 Å². The minimum atomic E-state index is -3.79. The molecule has 4 aliphatic heterocycles. The van der Waals surface area contributed by atoms with Crippen LogP contribution in [-0.4, -0.2) is 69.2 Å². The van der Waals surface area contributed by atoms with Gasteiger partial charge in [-0.1, -0.05) is 97.1 Å². The summed E-state index contributed by atoms with van der Waals surface area (Å²) in [7, 11) is 0.189. The highest BCUT2D eigenvalue weighted by Gasteiger charge is 2.51. The highest BCUT2D eigenvalue weighted by molar-refractivity contribution is 6.65. The standard InChI is InChI=1S/C44H40N6O2Si/c1-45-21-11-23-51-53(52-24-12-22-46-2)49-41-25-37-29-13-3-4-14-30(29)38(47-37)26-42-35-19-9-10-20-36(35)44(50(42)53)28-40-32-16-6-5-15-31(32)39(48-40)27-43(49)34-18-8-7-17-33(34)41/h3-10,13-20,25-28,45-46H,11-12,21-24H2,1-2H3. The normalized spacial score (nSPS) is 15.9. The zero-order chi connectivity index (χ0) is 35.5. The van der Waals surface area contributed by atoms with E-state index in [0.29, 0.717) is 13.2 Å². The molecule has 0 aliphatic carbocycles. The van der Waals surface area contributed by atoms with Crippen LogP contribution in [0.1, 0.15) is 46.5 Å². The Morgan fingerprint density at radius 1 is 0.509 bits per heavy atom. The van der Waals surface area contributed by atoms with Gasteiger partial charge in [-0.3, -0.25) is 0 Å². The van der Waals surface area contributed by atoms with E-state index in [9.17, 15) is 0 Å². The molecule has 6 bridgehead atoms. The summed E-state index contributed by atoms with van der Waals surface area (Å²) in [6, 6.07) is 34.6. The highest BCUT2D eigenvalue weighted by Crippen LogP contribution is 2.40. The minimum absolute atomic E-state index is 0.509. The summed E-state index contributed by atoms with van der Waals surface area (Å²) in [5, 5.41) is 13.2. The topological polar surface area (TPSA) is 77.1 Å². The van der Waals surface area contributed by atoms with Gasteiger partial charge in [-0.2, -0.15) is 0 Å². The molecule has 0 saturated heterocycles. The van der Waals surface area contributed by atoms with Crippen LogP contribution < -0.4 is 21.3 Å². The molecule has 9 heteroatoms. The largest absolute Gasteiger partial charge is 0.598 e. The molecule has 6 heterocycles. The van der Waals surface area contributed by atoms with Gasteiger partial charge in [0.1, 0.15) is 0 Å². The Hall–Kier alpha value is -5.42. The SMILES string of the molecule is CNCCCO[Si]1(OCCCNC)n2c3c4ccccc4c2C=C2N=C(C=c4c5ccccc5c(n41)=CC1=NC(=C3)c3ccccc31)c1ccccc12. The number of rotatable bonds is 10. The third kappa shape index (κ3) is 4.96. The van der Waals surface area contributed by atoms with Crippen LogP contribution in [0.25, 0.3) is 57.2 Å². The number of benzene rings is 4. The number of fused-ring (bicyclic) bond motifs is 14. The van der Waals surface area contributed by atoms with Crippen molar-refractivity contribution in [3.63, 3.8) is 0 Å². The predicted octanol–water partition coefficient (Wildman–Crippen LogP) is 5.87. The fraction of sp³-hybridized carbons (Fsp3) is 0.182. The monoisotopic (exact) mass is 712 g/mol.